The third-order valence-corrected chi connectivity index (χ3v) is 2.33. The zero-order valence-electron chi connectivity index (χ0n) is 10.0. The maximum absolute atomic E-state index is 12.6. The van der Waals surface area contributed by atoms with E-state index in [-0.39, 0.29) is 6.04 Å². The monoisotopic (exact) mass is 261 g/mol. The van der Waals surface area contributed by atoms with Gasteiger partial charge in [-0.3, -0.25) is 0 Å². The van der Waals surface area contributed by atoms with Crippen LogP contribution in [-0.4, -0.2) is 17.1 Å². The van der Waals surface area contributed by atoms with Gasteiger partial charge in [-0.2, -0.15) is 13.2 Å². The van der Waals surface area contributed by atoms with Crippen LogP contribution in [0.4, 0.5) is 13.2 Å². The molecule has 2 N–H and O–H groups in total. The summed E-state index contributed by atoms with van der Waals surface area (Å²) in [7, 11) is 0. The molecule has 0 amide bonds. The summed E-state index contributed by atoms with van der Waals surface area (Å²) < 4.78 is 37.7. The van der Waals surface area contributed by atoms with Crippen LogP contribution in [0, 0.1) is 0 Å². The Morgan fingerprint density at radius 2 is 2.00 bits per heavy atom. The maximum atomic E-state index is 12.6. The van der Waals surface area contributed by atoms with Crippen LogP contribution >= 0.6 is 0 Å². The smallest absolute Gasteiger partial charge is 0.417 e. The quantitative estimate of drug-likeness (QED) is 0.876. The summed E-state index contributed by atoms with van der Waals surface area (Å²) in [5.74, 6) is -1.58. The van der Waals surface area contributed by atoms with Crippen molar-refractivity contribution in [2.75, 3.05) is 0 Å². The van der Waals surface area contributed by atoms with Crippen molar-refractivity contribution in [1.82, 2.24) is 5.32 Å². The van der Waals surface area contributed by atoms with Crippen LogP contribution in [0.3, 0.4) is 0 Å². The maximum Gasteiger partial charge on any atom is 0.417 e. The lowest BCUT2D eigenvalue weighted by Crippen LogP contribution is -2.22. The Labute approximate surface area is 103 Å². The Bertz CT molecular complexity index is 441. The first-order valence-corrected chi connectivity index (χ1v) is 5.38. The van der Waals surface area contributed by atoms with Crippen LogP contribution < -0.4 is 5.32 Å². The first kappa shape index (κ1) is 14.5. The minimum Gasteiger partial charge on any atom is -0.478 e. The molecule has 0 saturated carbocycles. The summed E-state index contributed by atoms with van der Waals surface area (Å²) in [5, 5.41) is 11.8. The van der Waals surface area contributed by atoms with E-state index in [0.29, 0.717) is 12.1 Å². The fourth-order valence-corrected chi connectivity index (χ4v) is 1.45. The number of carbonyl (C=O) groups is 1. The Hall–Kier alpha value is -1.56. The van der Waals surface area contributed by atoms with Crippen molar-refractivity contribution >= 4 is 5.97 Å². The second-order valence-electron chi connectivity index (χ2n) is 4.22. The molecule has 18 heavy (non-hydrogen) atoms. The van der Waals surface area contributed by atoms with E-state index in [9.17, 15) is 18.0 Å². The molecule has 0 aliphatic carbocycles. The summed E-state index contributed by atoms with van der Waals surface area (Å²) in [5.41, 5.74) is -1.33. The molecule has 6 heteroatoms. The number of rotatable bonds is 4. The van der Waals surface area contributed by atoms with Crippen molar-refractivity contribution in [3.8, 4) is 0 Å². The number of aromatic carboxylic acids is 1. The van der Waals surface area contributed by atoms with Crippen molar-refractivity contribution in [3.63, 3.8) is 0 Å². The molecule has 1 aromatic rings. The van der Waals surface area contributed by atoms with Crippen molar-refractivity contribution in [3.05, 3.63) is 34.9 Å². The van der Waals surface area contributed by atoms with Gasteiger partial charge in [-0.05, 0) is 17.7 Å². The topological polar surface area (TPSA) is 49.3 Å². The van der Waals surface area contributed by atoms with Gasteiger partial charge < -0.3 is 10.4 Å². The number of carboxylic acids is 1. The number of hydrogen-bond acceptors (Lipinski definition) is 2. The molecular formula is C12H14F3NO2. The number of nitrogens with one attached hydrogen (secondary N) is 1. The molecule has 1 rings (SSSR count). The van der Waals surface area contributed by atoms with Crippen LogP contribution in [0.15, 0.2) is 18.2 Å². The van der Waals surface area contributed by atoms with Gasteiger partial charge in [0.25, 0.3) is 0 Å². The SMILES string of the molecule is CC(C)NCc1ccc(C(F)(F)F)c(C(=O)O)c1. The summed E-state index contributed by atoms with van der Waals surface area (Å²) in [6.45, 7) is 4.11. The van der Waals surface area contributed by atoms with E-state index in [2.05, 4.69) is 5.32 Å². The molecule has 0 unspecified atom stereocenters. The summed E-state index contributed by atoms with van der Waals surface area (Å²) in [6, 6.07) is 3.31. The molecule has 0 aromatic heterocycles. The first-order chi connectivity index (χ1) is 8.21. The number of hydrogen-bond donors (Lipinski definition) is 2. The van der Waals surface area contributed by atoms with Crippen LogP contribution in [0.25, 0.3) is 0 Å². The minimum atomic E-state index is -4.66. The van der Waals surface area contributed by atoms with E-state index < -0.39 is 23.3 Å². The number of benzene rings is 1. The molecule has 0 aliphatic heterocycles. The van der Waals surface area contributed by atoms with E-state index in [4.69, 9.17) is 5.11 Å². The van der Waals surface area contributed by atoms with Gasteiger partial charge in [0.1, 0.15) is 0 Å². The van der Waals surface area contributed by atoms with E-state index in [1.54, 1.807) is 0 Å². The van der Waals surface area contributed by atoms with Gasteiger partial charge in [0.2, 0.25) is 0 Å². The normalized spacial score (nSPS) is 11.9. The highest BCUT2D eigenvalue weighted by Gasteiger charge is 2.35. The van der Waals surface area contributed by atoms with Crippen LogP contribution in [0.5, 0.6) is 0 Å². The largest absolute Gasteiger partial charge is 0.478 e. The van der Waals surface area contributed by atoms with Gasteiger partial charge in [0.15, 0.2) is 0 Å². The van der Waals surface area contributed by atoms with Crippen molar-refractivity contribution in [1.29, 1.82) is 0 Å². The third-order valence-electron chi connectivity index (χ3n) is 2.33. The Morgan fingerprint density at radius 3 is 2.44 bits per heavy atom. The van der Waals surface area contributed by atoms with Gasteiger partial charge in [-0.25, -0.2) is 4.79 Å². The highest BCUT2D eigenvalue weighted by atomic mass is 19.4. The number of alkyl halides is 3. The fraction of sp³-hybridized carbons (Fsp3) is 0.417. The van der Waals surface area contributed by atoms with Gasteiger partial charge in [0, 0.05) is 12.6 Å². The Balaban J connectivity index is 3.08. The van der Waals surface area contributed by atoms with Crippen LogP contribution in [-0.2, 0) is 12.7 Å². The average molecular weight is 261 g/mol. The van der Waals surface area contributed by atoms with Gasteiger partial charge in [0.05, 0.1) is 11.1 Å². The number of halogens is 3. The highest BCUT2D eigenvalue weighted by molar-refractivity contribution is 5.89. The van der Waals surface area contributed by atoms with Crippen LogP contribution in [0.1, 0.15) is 35.3 Å². The molecule has 0 fully saturated rings. The standard InChI is InChI=1S/C12H14F3NO2/c1-7(2)16-6-8-3-4-10(12(13,14)15)9(5-8)11(17)18/h3-5,7,16H,6H2,1-2H3,(H,17,18). The molecule has 0 bridgehead atoms. The van der Waals surface area contributed by atoms with Crippen molar-refractivity contribution in [2.24, 2.45) is 0 Å². The molecule has 100 valence electrons. The van der Waals surface area contributed by atoms with Crippen molar-refractivity contribution < 1.29 is 23.1 Å². The lowest BCUT2D eigenvalue weighted by molar-refractivity contribution is -0.138. The first-order valence-electron chi connectivity index (χ1n) is 5.38. The molecule has 0 saturated heterocycles. The Morgan fingerprint density at radius 1 is 1.39 bits per heavy atom. The molecular weight excluding hydrogens is 247 g/mol. The lowest BCUT2D eigenvalue weighted by Gasteiger charge is -2.13. The second kappa shape index (κ2) is 5.39. The van der Waals surface area contributed by atoms with E-state index >= 15 is 0 Å². The second-order valence-corrected chi connectivity index (χ2v) is 4.22. The molecule has 0 atom stereocenters. The minimum absolute atomic E-state index is 0.167. The highest BCUT2D eigenvalue weighted by Crippen LogP contribution is 2.32. The summed E-state index contributed by atoms with van der Waals surface area (Å²) in [6.07, 6.45) is -4.66. The molecule has 0 aliphatic rings. The molecule has 0 heterocycles. The predicted molar refractivity (Wildman–Crippen MR) is 60.4 cm³/mol. The lowest BCUT2D eigenvalue weighted by atomic mass is 10.0. The van der Waals surface area contributed by atoms with Gasteiger partial charge in [-0.1, -0.05) is 19.9 Å². The summed E-state index contributed by atoms with van der Waals surface area (Å²) in [4.78, 5) is 10.8. The summed E-state index contributed by atoms with van der Waals surface area (Å²) >= 11 is 0. The Kier molecular flexibility index (Phi) is 4.34. The van der Waals surface area contributed by atoms with Gasteiger partial charge >= 0.3 is 12.1 Å². The fourth-order valence-electron chi connectivity index (χ4n) is 1.45. The molecule has 0 spiro atoms. The predicted octanol–water partition coefficient (Wildman–Crippen LogP) is 2.90. The van der Waals surface area contributed by atoms with Gasteiger partial charge in [-0.15, -0.1) is 0 Å². The van der Waals surface area contributed by atoms with E-state index in [1.165, 1.54) is 6.07 Å². The molecule has 0 radical (unpaired) electrons. The number of carboxylic acid groups (broad SMARTS) is 1. The van der Waals surface area contributed by atoms with Crippen molar-refractivity contribution in [2.45, 2.75) is 32.6 Å². The van der Waals surface area contributed by atoms with Crippen LogP contribution in [0.2, 0.25) is 0 Å². The zero-order chi connectivity index (χ0) is 13.9. The molecule has 3 nitrogen and oxygen atoms in total. The molecule has 1 aromatic carbocycles. The van der Waals surface area contributed by atoms with E-state index in [1.807, 2.05) is 13.8 Å². The third kappa shape index (κ3) is 3.73. The average Bonchev–Trinajstić information content (AvgIpc) is 2.24. The zero-order valence-corrected chi connectivity index (χ0v) is 10.0. The van der Waals surface area contributed by atoms with E-state index in [0.717, 1.165) is 12.1 Å².